The minimum atomic E-state index is -0.481. The Hall–Kier alpha value is -3.40. The number of amides is 1. The van der Waals surface area contributed by atoms with Gasteiger partial charge >= 0.3 is 0 Å². The van der Waals surface area contributed by atoms with Crippen molar-refractivity contribution in [1.29, 1.82) is 5.26 Å². The maximum absolute atomic E-state index is 12.3. The number of likely N-dealkylation sites (tertiary alicyclic amines) is 1. The smallest absolute Gasteiger partial charge is 0.280 e. The highest BCUT2D eigenvalue weighted by molar-refractivity contribution is 6.01. The van der Waals surface area contributed by atoms with Gasteiger partial charge in [-0.05, 0) is 31.0 Å². The average Bonchev–Trinajstić information content (AvgIpc) is 3.31. The Labute approximate surface area is 143 Å². The van der Waals surface area contributed by atoms with Crippen molar-refractivity contribution in [2.45, 2.75) is 12.8 Å². The maximum atomic E-state index is 12.3. The summed E-state index contributed by atoms with van der Waals surface area (Å²) in [6.45, 7) is 1.30. The van der Waals surface area contributed by atoms with Crippen LogP contribution in [0.5, 0.6) is 0 Å². The number of para-hydroxylation sites is 1. The molecule has 0 aliphatic carbocycles. The van der Waals surface area contributed by atoms with Crippen LogP contribution >= 0.6 is 0 Å². The topological polar surface area (TPSA) is 100 Å². The quantitative estimate of drug-likeness (QED) is 0.368. The van der Waals surface area contributed by atoms with Crippen LogP contribution in [0.3, 0.4) is 0 Å². The van der Waals surface area contributed by atoms with Gasteiger partial charge in [-0.3, -0.25) is 14.9 Å². The lowest BCUT2D eigenvalue weighted by Gasteiger charge is -2.13. The molecule has 1 aliphatic heterocycles. The van der Waals surface area contributed by atoms with E-state index in [-0.39, 0.29) is 17.2 Å². The molecule has 0 saturated carbocycles. The Balaban J connectivity index is 1.90. The Morgan fingerprint density at radius 1 is 1.24 bits per heavy atom. The van der Waals surface area contributed by atoms with E-state index in [2.05, 4.69) is 0 Å². The molecule has 1 aromatic heterocycles. The molecule has 0 atom stereocenters. The molecule has 2 heterocycles. The van der Waals surface area contributed by atoms with Crippen molar-refractivity contribution in [3.63, 3.8) is 0 Å². The molecule has 7 heteroatoms. The second-order valence-electron chi connectivity index (χ2n) is 5.65. The van der Waals surface area contributed by atoms with E-state index in [1.807, 2.05) is 6.07 Å². The summed E-state index contributed by atoms with van der Waals surface area (Å²) in [5, 5.41) is 20.4. The van der Waals surface area contributed by atoms with Crippen molar-refractivity contribution in [3.05, 3.63) is 57.8 Å². The number of hydrogen-bond donors (Lipinski definition) is 0. The summed E-state index contributed by atoms with van der Waals surface area (Å²) in [6, 6.07) is 11.3. The third-order valence-electron chi connectivity index (χ3n) is 4.02. The summed E-state index contributed by atoms with van der Waals surface area (Å²) in [4.78, 5) is 24.6. The number of carbonyl (C=O) groups excluding carboxylic acids is 1. The molecule has 3 rings (SSSR count). The second-order valence-corrected chi connectivity index (χ2v) is 5.65. The summed E-state index contributed by atoms with van der Waals surface area (Å²) in [6.07, 6.45) is 3.25. The molecule has 1 amide bonds. The van der Waals surface area contributed by atoms with Crippen molar-refractivity contribution < 1.29 is 14.1 Å². The molecule has 1 aliphatic rings. The van der Waals surface area contributed by atoms with E-state index in [1.54, 1.807) is 35.2 Å². The van der Waals surface area contributed by atoms with E-state index in [0.717, 1.165) is 12.8 Å². The van der Waals surface area contributed by atoms with Crippen LogP contribution in [0.1, 0.15) is 18.6 Å². The van der Waals surface area contributed by atoms with Crippen molar-refractivity contribution in [3.8, 4) is 17.4 Å². The molecule has 7 nitrogen and oxygen atoms in total. The molecule has 1 saturated heterocycles. The summed E-state index contributed by atoms with van der Waals surface area (Å²) in [5.74, 6) is 0.297. The highest BCUT2D eigenvalue weighted by Gasteiger charge is 2.22. The van der Waals surface area contributed by atoms with Gasteiger partial charge in [-0.25, -0.2) is 0 Å². The third-order valence-corrected chi connectivity index (χ3v) is 4.02. The van der Waals surface area contributed by atoms with Crippen molar-refractivity contribution >= 4 is 17.7 Å². The Morgan fingerprint density at radius 2 is 1.96 bits per heavy atom. The summed E-state index contributed by atoms with van der Waals surface area (Å²) < 4.78 is 5.60. The molecule has 1 fully saturated rings. The van der Waals surface area contributed by atoms with Crippen molar-refractivity contribution in [2.75, 3.05) is 13.1 Å². The fourth-order valence-corrected chi connectivity index (χ4v) is 2.79. The second kappa shape index (κ2) is 7.01. The lowest BCUT2D eigenvalue weighted by Crippen LogP contribution is -2.28. The third kappa shape index (κ3) is 3.43. The number of furan rings is 1. The van der Waals surface area contributed by atoms with Crippen LogP contribution in [0, 0.1) is 21.4 Å². The van der Waals surface area contributed by atoms with Crippen LogP contribution in [-0.2, 0) is 4.79 Å². The lowest BCUT2D eigenvalue weighted by atomic mass is 10.1. The molecule has 2 aromatic rings. The zero-order chi connectivity index (χ0) is 17.8. The SMILES string of the molecule is N#C/C(=C\c1ccc(-c2ccccc2[N+](=O)[O-])o1)C(=O)N1CCCC1. The molecule has 126 valence electrons. The predicted molar refractivity (Wildman–Crippen MR) is 90.2 cm³/mol. The van der Waals surface area contributed by atoms with Gasteiger partial charge in [0.15, 0.2) is 0 Å². The molecule has 0 bridgehead atoms. The van der Waals surface area contributed by atoms with Gasteiger partial charge in [-0.2, -0.15) is 5.26 Å². The molecular formula is C18H15N3O4. The average molecular weight is 337 g/mol. The van der Waals surface area contributed by atoms with Crippen molar-refractivity contribution in [2.24, 2.45) is 0 Å². The number of nitro groups is 1. The first-order valence-electron chi connectivity index (χ1n) is 7.85. The molecular weight excluding hydrogens is 322 g/mol. The monoisotopic (exact) mass is 337 g/mol. The van der Waals surface area contributed by atoms with Gasteiger partial charge in [0.1, 0.15) is 23.2 Å². The van der Waals surface area contributed by atoms with Crippen molar-refractivity contribution in [1.82, 2.24) is 4.90 Å². The first-order valence-corrected chi connectivity index (χ1v) is 7.85. The van der Waals surface area contributed by atoms with E-state index in [1.165, 1.54) is 12.1 Å². The number of hydrogen-bond acceptors (Lipinski definition) is 5. The van der Waals surface area contributed by atoms with Gasteiger partial charge in [0.2, 0.25) is 0 Å². The number of nitrogens with zero attached hydrogens (tertiary/aromatic N) is 3. The van der Waals surface area contributed by atoms with E-state index in [0.29, 0.717) is 30.2 Å². The number of nitriles is 1. The molecule has 0 radical (unpaired) electrons. The largest absolute Gasteiger partial charge is 0.456 e. The zero-order valence-corrected chi connectivity index (χ0v) is 13.3. The minimum Gasteiger partial charge on any atom is -0.456 e. The van der Waals surface area contributed by atoms with Gasteiger partial charge in [0.25, 0.3) is 11.6 Å². The first-order chi connectivity index (χ1) is 12.1. The van der Waals surface area contributed by atoms with E-state index in [4.69, 9.17) is 4.42 Å². The fraction of sp³-hybridized carbons (Fsp3) is 0.222. The standard InChI is InChI=1S/C18H15N3O4/c19-12-13(18(22)20-9-3-4-10-20)11-14-7-8-17(25-14)15-5-1-2-6-16(15)21(23)24/h1-2,5-8,11H,3-4,9-10H2/b13-11+. The Kier molecular flexibility index (Phi) is 4.61. The number of rotatable bonds is 4. The first kappa shape index (κ1) is 16.5. The van der Waals surface area contributed by atoms with Gasteiger partial charge in [0.05, 0.1) is 10.5 Å². The van der Waals surface area contributed by atoms with E-state index < -0.39 is 4.92 Å². The van der Waals surface area contributed by atoms with Gasteiger partial charge < -0.3 is 9.32 Å². The number of carbonyl (C=O) groups is 1. The number of benzene rings is 1. The van der Waals surface area contributed by atoms with Crippen LogP contribution in [0.2, 0.25) is 0 Å². The van der Waals surface area contributed by atoms with E-state index in [9.17, 15) is 20.2 Å². The van der Waals surface area contributed by atoms with Crippen LogP contribution in [-0.4, -0.2) is 28.8 Å². The Morgan fingerprint density at radius 3 is 2.64 bits per heavy atom. The van der Waals surface area contributed by atoms with Gasteiger partial charge in [-0.1, -0.05) is 12.1 Å². The van der Waals surface area contributed by atoms with E-state index >= 15 is 0 Å². The summed E-state index contributed by atoms with van der Waals surface area (Å²) >= 11 is 0. The molecule has 0 spiro atoms. The normalized spacial score (nSPS) is 14.4. The maximum Gasteiger partial charge on any atom is 0.280 e. The van der Waals surface area contributed by atoms with Crippen LogP contribution in [0.25, 0.3) is 17.4 Å². The fourth-order valence-electron chi connectivity index (χ4n) is 2.79. The van der Waals surface area contributed by atoms with Gasteiger partial charge in [-0.15, -0.1) is 0 Å². The van der Waals surface area contributed by atoms with Crippen LogP contribution < -0.4 is 0 Å². The highest BCUT2D eigenvalue weighted by Crippen LogP contribution is 2.31. The highest BCUT2D eigenvalue weighted by atomic mass is 16.6. The van der Waals surface area contributed by atoms with Gasteiger partial charge in [0, 0.05) is 25.2 Å². The van der Waals surface area contributed by atoms with Crippen LogP contribution in [0.15, 0.2) is 46.4 Å². The zero-order valence-electron chi connectivity index (χ0n) is 13.3. The number of nitro benzene ring substituents is 1. The molecule has 0 N–H and O–H groups in total. The minimum absolute atomic E-state index is 0.00892. The predicted octanol–water partition coefficient (Wildman–Crippen LogP) is 3.38. The summed E-state index contributed by atoms with van der Waals surface area (Å²) in [7, 11) is 0. The summed E-state index contributed by atoms with van der Waals surface area (Å²) in [5.41, 5.74) is 0.267. The lowest BCUT2D eigenvalue weighted by molar-refractivity contribution is -0.384. The van der Waals surface area contributed by atoms with Crippen LogP contribution in [0.4, 0.5) is 5.69 Å². The molecule has 25 heavy (non-hydrogen) atoms. The Bertz CT molecular complexity index is 886. The molecule has 1 aromatic carbocycles. The molecule has 0 unspecified atom stereocenters.